The van der Waals surface area contributed by atoms with Crippen molar-refractivity contribution < 1.29 is 9.21 Å². The molecule has 0 saturated carbocycles. The fourth-order valence-electron chi connectivity index (χ4n) is 2.75. The molecule has 0 aliphatic heterocycles. The number of aromatic nitrogens is 3. The van der Waals surface area contributed by atoms with Crippen LogP contribution in [-0.4, -0.2) is 20.7 Å². The van der Waals surface area contributed by atoms with Gasteiger partial charge in [-0.05, 0) is 39.2 Å². The second-order valence-electron chi connectivity index (χ2n) is 5.86. The molecule has 0 aliphatic carbocycles. The zero-order chi connectivity index (χ0) is 17.9. The van der Waals surface area contributed by atoms with Crippen molar-refractivity contribution >= 4 is 32.8 Å². The number of hydrogen-bond donors (Lipinski definition) is 1. The first-order valence-corrected chi connectivity index (χ1v) is 8.85. The Hall–Kier alpha value is -2.93. The third-order valence-corrected chi connectivity index (χ3v) is 4.60. The molecule has 2 aromatic heterocycles. The maximum Gasteiger partial charge on any atom is 0.287 e. The number of nitrogens with zero attached hydrogens (tertiary/aromatic N) is 3. The fourth-order valence-corrected chi connectivity index (χ4v) is 3.21. The van der Waals surface area contributed by atoms with Crippen LogP contribution in [0.2, 0.25) is 0 Å². The van der Waals surface area contributed by atoms with Gasteiger partial charge in [0.05, 0.1) is 11.0 Å². The zero-order valence-corrected chi connectivity index (χ0v) is 15.3. The van der Waals surface area contributed by atoms with E-state index in [4.69, 9.17) is 4.42 Å². The lowest BCUT2D eigenvalue weighted by atomic mass is 10.1. The van der Waals surface area contributed by atoms with Crippen LogP contribution in [-0.2, 0) is 13.1 Å². The molecule has 7 heteroatoms. The van der Waals surface area contributed by atoms with Crippen LogP contribution in [0.1, 0.15) is 21.7 Å². The third kappa shape index (κ3) is 3.52. The van der Waals surface area contributed by atoms with Crippen molar-refractivity contribution in [1.29, 1.82) is 0 Å². The number of furan rings is 1. The van der Waals surface area contributed by atoms with Crippen molar-refractivity contribution in [3.05, 3.63) is 82.5 Å². The van der Waals surface area contributed by atoms with Crippen molar-refractivity contribution in [1.82, 2.24) is 20.1 Å². The van der Waals surface area contributed by atoms with E-state index in [1.54, 1.807) is 17.1 Å². The molecule has 4 rings (SSSR count). The minimum atomic E-state index is -0.241. The van der Waals surface area contributed by atoms with E-state index in [2.05, 4.69) is 31.3 Å². The van der Waals surface area contributed by atoms with Gasteiger partial charge < -0.3 is 9.73 Å². The Kier molecular flexibility index (Phi) is 4.53. The van der Waals surface area contributed by atoms with Gasteiger partial charge in [-0.15, -0.1) is 0 Å². The van der Waals surface area contributed by atoms with E-state index in [0.717, 1.165) is 21.0 Å². The molecule has 0 atom stereocenters. The number of fused-ring (bicyclic) bond motifs is 1. The average Bonchev–Trinajstić information content (AvgIpc) is 3.30. The van der Waals surface area contributed by atoms with Crippen molar-refractivity contribution in [2.24, 2.45) is 0 Å². The zero-order valence-electron chi connectivity index (χ0n) is 13.7. The first-order chi connectivity index (χ1) is 12.7. The van der Waals surface area contributed by atoms with E-state index in [-0.39, 0.29) is 5.91 Å². The van der Waals surface area contributed by atoms with Crippen LogP contribution in [0.4, 0.5) is 0 Å². The normalized spacial score (nSPS) is 11.0. The highest BCUT2D eigenvalue weighted by Gasteiger charge is 2.13. The Bertz CT molecular complexity index is 1060. The summed E-state index contributed by atoms with van der Waals surface area (Å²) in [5.41, 5.74) is 2.77. The minimum Gasteiger partial charge on any atom is -0.450 e. The lowest BCUT2D eigenvalue weighted by Gasteiger charge is -2.06. The quantitative estimate of drug-likeness (QED) is 0.543. The van der Waals surface area contributed by atoms with Crippen LogP contribution >= 0.6 is 15.9 Å². The van der Waals surface area contributed by atoms with Gasteiger partial charge in [-0.3, -0.25) is 4.79 Å². The molecular formula is C19H15BrN4O2. The van der Waals surface area contributed by atoms with Crippen LogP contribution in [0.25, 0.3) is 11.0 Å². The number of nitrogens with one attached hydrogen (secondary N) is 1. The molecule has 26 heavy (non-hydrogen) atoms. The number of amides is 1. The van der Waals surface area contributed by atoms with Crippen molar-refractivity contribution in [3.63, 3.8) is 0 Å². The van der Waals surface area contributed by atoms with E-state index in [1.807, 2.05) is 42.5 Å². The molecule has 0 saturated heterocycles. The van der Waals surface area contributed by atoms with Crippen LogP contribution in [0.5, 0.6) is 0 Å². The molecule has 0 unspecified atom stereocenters. The SMILES string of the molecule is O=C(NCc1cccc(Cn2cncn2)c1)c1cc2cccc(Br)c2o1. The molecule has 4 aromatic rings. The van der Waals surface area contributed by atoms with Crippen molar-refractivity contribution in [3.8, 4) is 0 Å². The number of hydrogen-bond acceptors (Lipinski definition) is 4. The van der Waals surface area contributed by atoms with Crippen LogP contribution in [0, 0.1) is 0 Å². The Morgan fingerprint density at radius 2 is 2.00 bits per heavy atom. The van der Waals surface area contributed by atoms with E-state index in [1.165, 1.54) is 6.33 Å². The largest absolute Gasteiger partial charge is 0.450 e. The van der Waals surface area contributed by atoms with Gasteiger partial charge in [0.25, 0.3) is 5.91 Å². The van der Waals surface area contributed by atoms with Gasteiger partial charge in [0.1, 0.15) is 18.2 Å². The average molecular weight is 411 g/mol. The van der Waals surface area contributed by atoms with Gasteiger partial charge in [-0.25, -0.2) is 9.67 Å². The summed E-state index contributed by atoms with van der Waals surface area (Å²) in [6.45, 7) is 1.06. The van der Waals surface area contributed by atoms with Crippen LogP contribution in [0.3, 0.4) is 0 Å². The molecule has 6 nitrogen and oxygen atoms in total. The van der Waals surface area contributed by atoms with Gasteiger partial charge in [0.2, 0.25) is 0 Å². The Balaban J connectivity index is 1.44. The lowest BCUT2D eigenvalue weighted by Crippen LogP contribution is -2.22. The number of benzene rings is 2. The summed E-state index contributed by atoms with van der Waals surface area (Å²) in [4.78, 5) is 16.3. The summed E-state index contributed by atoms with van der Waals surface area (Å²) in [5.74, 6) is 0.0560. The number of carbonyl (C=O) groups is 1. The highest BCUT2D eigenvalue weighted by molar-refractivity contribution is 9.10. The summed E-state index contributed by atoms with van der Waals surface area (Å²) >= 11 is 3.43. The molecule has 1 N–H and O–H groups in total. The second kappa shape index (κ2) is 7.13. The molecule has 2 heterocycles. The Morgan fingerprint density at radius 1 is 1.15 bits per heavy atom. The van der Waals surface area contributed by atoms with Crippen LogP contribution < -0.4 is 5.32 Å². The first-order valence-electron chi connectivity index (χ1n) is 8.05. The predicted molar refractivity (Wildman–Crippen MR) is 101 cm³/mol. The monoisotopic (exact) mass is 410 g/mol. The number of halogens is 1. The van der Waals surface area contributed by atoms with E-state index in [0.29, 0.717) is 24.4 Å². The molecule has 2 aromatic carbocycles. The topological polar surface area (TPSA) is 73.0 Å². The summed E-state index contributed by atoms with van der Waals surface area (Å²) in [6, 6.07) is 15.4. The lowest BCUT2D eigenvalue weighted by molar-refractivity contribution is 0.0925. The fraction of sp³-hybridized carbons (Fsp3) is 0.105. The highest BCUT2D eigenvalue weighted by atomic mass is 79.9. The Morgan fingerprint density at radius 3 is 2.81 bits per heavy atom. The van der Waals surface area contributed by atoms with Crippen molar-refractivity contribution in [2.75, 3.05) is 0 Å². The van der Waals surface area contributed by atoms with Gasteiger partial charge in [-0.2, -0.15) is 5.10 Å². The predicted octanol–water partition coefficient (Wildman–Crippen LogP) is 3.77. The van der Waals surface area contributed by atoms with Gasteiger partial charge in [0.15, 0.2) is 5.76 Å². The molecule has 0 radical (unpaired) electrons. The molecule has 0 spiro atoms. The smallest absolute Gasteiger partial charge is 0.287 e. The Labute approximate surface area is 158 Å². The highest BCUT2D eigenvalue weighted by Crippen LogP contribution is 2.26. The van der Waals surface area contributed by atoms with Crippen LogP contribution in [0.15, 0.2) is 70.1 Å². The number of carbonyl (C=O) groups excluding carboxylic acids is 1. The molecule has 0 bridgehead atoms. The molecule has 1 amide bonds. The number of rotatable bonds is 5. The van der Waals surface area contributed by atoms with E-state index in [9.17, 15) is 4.79 Å². The van der Waals surface area contributed by atoms with E-state index < -0.39 is 0 Å². The van der Waals surface area contributed by atoms with E-state index >= 15 is 0 Å². The molecule has 0 aliphatic rings. The molecular weight excluding hydrogens is 396 g/mol. The summed E-state index contributed by atoms with van der Waals surface area (Å²) in [7, 11) is 0. The maximum atomic E-state index is 12.4. The maximum absolute atomic E-state index is 12.4. The summed E-state index contributed by atoms with van der Waals surface area (Å²) in [5, 5.41) is 7.89. The number of para-hydroxylation sites is 1. The third-order valence-electron chi connectivity index (χ3n) is 3.98. The van der Waals surface area contributed by atoms with Crippen molar-refractivity contribution in [2.45, 2.75) is 13.1 Å². The summed E-state index contributed by atoms with van der Waals surface area (Å²) < 4.78 is 8.25. The first kappa shape index (κ1) is 16.5. The molecule has 130 valence electrons. The summed E-state index contributed by atoms with van der Waals surface area (Å²) in [6.07, 6.45) is 3.18. The minimum absolute atomic E-state index is 0.241. The molecule has 0 fully saturated rings. The standard InChI is InChI=1S/C19H15BrN4O2/c20-16-6-2-5-15-8-17(26-18(15)16)19(25)22-9-13-3-1-4-14(7-13)10-24-12-21-11-23-24/h1-8,11-12H,9-10H2,(H,22,25). The van der Waals surface area contributed by atoms with Gasteiger partial charge in [-0.1, -0.05) is 36.4 Å². The second-order valence-corrected chi connectivity index (χ2v) is 6.72. The van der Waals surface area contributed by atoms with Gasteiger partial charge in [0, 0.05) is 11.9 Å². The van der Waals surface area contributed by atoms with Gasteiger partial charge >= 0.3 is 0 Å².